The minimum absolute atomic E-state index is 0.0915. The number of carboxylic acid groups (broad SMARTS) is 1. The number of benzene rings is 3. The minimum Gasteiger partial charge on any atom is -0.481 e. The van der Waals surface area contributed by atoms with E-state index in [1.807, 2.05) is 60.9 Å². The fourth-order valence-corrected chi connectivity index (χ4v) is 5.20. The predicted molar refractivity (Wildman–Crippen MR) is 123 cm³/mol. The minimum atomic E-state index is -1.08. The second-order valence-electron chi connectivity index (χ2n) is 8.84. The largest absolute Gasteiger partial charge is 0.481 e. The number of hydrogen-bond acceptors (Lipinski definition) is 2. The lowest BCUT2D eigenvalue weighted by atomic mass is 9.87. The Bertz CT molecular complexity index is 1410. The highest BCUT2D eigenvalue weighted by Gasteiger charge is 2.31. The van der Waals surface area contributed by atoms with Crippen LogP contribution in [0.15, 0.2) is 48.5 Å². The zero-order chi connectivity index (χ0) is 22.6. The molecular weight excluding hydrogens is 405 g/mol. The molecule has 0 unspecified atom stereocenters. The SMILES string of the molecule is CC(C)c1c(CC(=O)O)c(F)cc2c1c(C(=O)c1ccc3ccccc3c1)c1n2CCC1. The summed E-state index contributed by atoms with van der Waals surface area (Å²) in [6.07, 6.45) is 1.24. The lowest BCUT2D eigenvalue weighted by molar-refractivity contribution is -0.136. The maximum atomic E-state index is 15.1. The smallest absolute Gasteiger partial charge is 0.307 e. The van der Waals surface area contributed by atoms with Crippen LogP contribution in [0, 0.1) is 5.82 Å². The molecule has 0 bridgehead atoms. The molecule has 162 valence electrons. The monoisotopic (exact) mass is 429 g/mol. The van der Waals surface area contributed by atoms with Crippen molar-refractivity contribution >= 4 is 33.4 Å². The molecule has 0 aliphatic carbocycles. The number of hydrogen-bond donors (Lipinski definition) is 1. The number of rotatable bonds is 5. The average Bonchev–Trinajstić information content (AvgIpc) is 3.34. The summed E-state index contributed by atoms with van der Waals surface area (Å²) in [4.78, 5) is 25.4. The highest BCUT2D eigenvalue weighted by Crippen LogP contribution is 2.40. The molecule has 3 aromatic carbocycles. The number of aliphatic carboxylic acids is 1. The van der Waals surface area contributed by atoms with Crippen molar-refractivity contribution in [3.8, 4) is 0 Å². The normalized spacial score (nSPS) is 13.2. The Labute approximate surface area is 185 Å². The molecule has 5 heteroatoms. The Kier molecular flexibility index (Phi) is 4.85. The van der Waals surface area contributed by atoms with Crippen molar-refractivity contribution < 1.29 is 19.1 Å². The maximum Gasteiger partial charge on any atom is 0.307 e. The molecule has 0 radical (unpaired) electrons. The highest BCUT2D eigenvalue weighted by molar-refractivity contribution is 6.19. The van der Waals surface area contributed by atoms with Crippen molar-refractivity contribution in [1.29, 1.82) is 0 Å². The molecule has 32 heavy (non-hydrogen) atoms. The second kappa shape index (κ2) is 7.59. The van der Waals surface area contributed by atoms with Crippen molar-refractivity contribution in [1.82, 2.24) is 4.57 Å². The quantitative estimate of drug-likeness (QED) is 0.404. The summed E-state index contributed by atoms with van der Waals surface area (Å²) in [6, 6.07) is 15.0. The Morgan fingerprint density at radius 1 is 1.09 bits per heavy atom. The Hall–Kier alpha value is -3.47. The van der Waals surface area contributed by atoms with Gasteiger partial charge in [0.1, 0.15) is 5.82 Å². The number of halogens is 1. The number of carbonyl (C=O) groups excluding carboxylic acids is 1. The van der Waals surface area contributed by atoms with Crippen LogP contribution in [0.2, 0.25) is 0 Å². The molecule has 2 heterocycles. The summed E-state index contributed by atoms with van der Waals surface area (Å²) in [7, 11) is 0. The average molecular weight is 429 g/mol. The number of ketones is 1. The van der Waals surface area contributed by atoms with Crippen molar-refractivity contribution in [2.45, 2.75) is 45.6 Å². The summed E-state index contributed by atoms with van der Waals surface area (Å²) in [5, 5.41) is 12.2. The summed E-state index contributed by atoms with van der Waals surface area (Å²) in [5.74, 6) is -1.82. The second-order valence-corrected chi connectivity index (χ2v) is 8.84. The molecule has 0 atom stereocenters. The van der Waals surface area contributed by atoms with E-state index < -0.39 is 18.2 Å². The van der Waals surface area contributed by atoms with E-state index >= 15 is 4.39 Å². The zero-order valence-corrected chi connectivity index (χ0v) is 18.1. The molecule has 1 N–H and O–H groups in total. The van der Waals surface area contributed by atoms with Gasteiger partial charge in [-0.15, -0.1) is 0 Å². The fraction of sp³-hybridized carbons (Fsp3) is 0.259. The van der Waals surface area contributed by atoms with Gasteiger partial charge in [-0.25, -0.2) is 4.39 Å². The van der Waals surface area contributed by atoms with Crippen LogP contribution >= 0.6 is 0 Å². The van der Waals surface area contributed by atoms with Crippen LogP contribution in [-0.4, -0.2) is 21.4 Å². The van der Waals surface area contributed by atoms with Gasteiger partial charge < -0.3 is 9.67 Å². The third-order valence-electron chi connectivity index (χ3n) is 6.50. The highest BCUT2D eigenvalue weighted by atomic mass is 19.1. The van der Waals surface area contributed by atoms with E-state index in [4.69, 9.17) is 0 Å². The molecule has 4 aromatic rings. The van der Waals surface area contributed by atoms with E-state index in [2.05, 4.69) is 0 Å². The van der Waals surface area contributed by atoms with Crippen molar-refractivity contribution in [3.63, 3.8) is 0 Å². The van der Waals surface area contributed by atoms with E-state index in [1.54, 1.807) is 0 Å². The van der Waals surface area contributed by atoms with Gasteiger partial charge in [-0.1, -0.05) is 50.2 Å². The van der Waals surface area contributed by atoms with E-state index in [0.717, 1.165) is 35.9 Å². The van der Waals surface area contributed by atoms with Crippen LogP contribution in [0.25, 0.3) is 21.7 Å². The molecule has 1 aliphatic heterocycles. The zero-order valence-electron chi connectivity index (χ0n) is 18.1. The molecule has 1 aromatic heterocycles. The first-order chi connectivity index (χ1) is 15.4. The van der Waals surface area contributed by atoms with Crippen LogP contribution in [0.4, 0.5) is 4.39 Å². The van der Waals surface area contributed by atoms with Gasteiger partial charge >= 0.3 is 5.97 Å². The lowest BCUT2D eigenvalue weighted by Gasteiger charge is -2.16. The van der Waals surface area contributed by atoms with E-state index in [0.29, 0.717) is 27.6 Å². The van der Waals surface area contributed by atoms with Gasteiger partial charge in [0, 0.05) is 28.8 Å². The van der Waals surface area contributed by atoms with Gasteiger partial charge in [0.15, 0.2) is 5.78 Å². The molecule has 0 spiro atoms. The summed E-state index contributed by atoms with van der Waals surface area (Å²) < 4.78 is 17.2. The van der Waals surface area contributed by atoms with Crippen LogP contribution in [-0.2, 0) is 24.2 Å². The number of nitrogens with zero attached hydrogens (tertiary/aromatic N) is 1. The maximum absolute atomic E-state index is 15.1. The van der Waals surface area contributed by atoms with Gasteiger partial charge in [-0.2, -0.15) is 0 Å². The molecule has 4 nitrogen and oxygen atoms in total. The standard InChI is InChI=1S/C27H24FNO3/c1-15(2)24-19(13-23(30)31)20(28)14-22-25(24)26(21-8-5-11-29(21)22)27(32)18-10-9-16-6-3-4-7-17(16)12-18/h3-4,6-7,9-10,12,14-15H,5,8,11,13H2,1-2H3,(H,30,31). The summed E-state index contributed by atoms with van der Waals surface area (Å²) in [6.45, 7) is 4.57. The number of carboxylic acids is 1. The van der Waals surface area contributed by atoms with Gasteiger partial charge in [0.05, 0.1) is 17.5 Å². The first-order valence-corrected chi connectivity index (χ1v) is 11.0. The summed E-state index contributed by atoms with van der Waals surface area (Å²) >= 11 is 0. The number of aromatic nitrogens is 1. The van der Waals surface area contributed by atoms with Gasteiger partial charge in [0.2, 0.25) is 0 Å². The molecule has 5 rings (SSSR count). The van der Waals surface area contributed by atoms with Crippen LogP contribution < -0.4 is 0 Å². The molecule has 0 saturated heterocycles. The molecule has 0 fully saturated rings. The molecular formula is C27H24FNO3. The van der Waals surface area contributed by atoms with Crippen molar-refractivity contribution in [2.75, 3.05) is 0 Å². The topological polar surface area (TPSA) is 59.3 Å². The third kappa shape index (κ3) is 3.11. The Morgan fingerprint density at radius 2 is 1.84 bits per heavy atom. The van der Waals surface area contributed by atoms with Gasteiger partial charge in [-0.05, 0) is 47.2 Å². The van der Waals surface area contributed by atoms with Crippen LogP contribution in [0.5, 0.6) is 0 Å². The first-order valence-electron chi connectivity index (χ1n) is 11.0. The Balaban J connectivity index is 1.81. The third-order valence-corrected chi connectivity index (χ3v) is 6.50. The number of carbonyl (C=O) groups is 2. The van der Waals surface area contributed by atoms with E-state index in [-0.39, 0.29) is 17.3 Å². The van der Waals surface area contributed by atoms with Crippen LogP contribution in [0.3, 0.4) is 0 Å². The van der Waals surface area contributed by atoms with Gasteiger partial charge in [-0.3, -0.25) is 9.59 Å². The van der Waals surface area contributed by atoms with Gasteiger partial charge in [0.25, 0.3) is 0 Å². The van der Waals surface area contributed by atoms with E-state index in [1.165, 1.54) is 6.07 Å². The Morgan fingerprint density at radius 3 is 2.56 bits per heavy atom. The first kappa shape index (κ1) is 20.4. The van der Waals surface area contributed by atoms with Crippen molar-refractivity contribution in [3.05, 3.63) is 82.3 Å². The lowest BCUT2D eigenvalue weighted by Crippen LogP contribution is -2.10. The van der Waals surface area contributed by atoms with Crippen LogP contribution in [0.1, 0.15) is 58.9 Å². The number of aryl methyl sites for hydroxylation is 1. The summed E-state index contributed by atoms with van der Waals surface area (Å²) in [5.41, 5.74) is 3.61. The molecule has 0 saturated carbocycles. The predicted octanol–water partition coefficient (Wildman–Crippen LogP) is 5.86. The van der Waals surface area contributed by atoms with E-state index in [9.17, 15) is 14.7 Å². The molecule has 1 aliphatic rings. The van der Waals surface area contributed by atoms with Crippen molar-refractivity contribution in [2.24, 2.45) is 0 Å². The fourth-order valence-electron chi connectivity index (χ4n) is 5.20. The molecule has 0 amide bonds. The number of fused-ring (bicyclic) bond motifs is 4.